The standard InChI is InChI=1S/C23H21Cl2NO5/c1-26-8-7-14(20(30)11-26)21-18(28)10-19(29)22-17(27)9-12(31-23(21)22)5-6-13-15(24)3-2-4-16(13)25/h2-6,9-10,14,20,28-30H,7-8,11H2,1H3. The summed E-state index contributed by atoms with van der Waals surface area (Å²) in [7, 11) is 1.90. The van der Waals surface area contributed by atoms with Gasteiger partial charge in [-0.05, 0) is 44.3 Å². The Morgan fingerprint density at radius 2 is 1.84 bits per heavy atom. The first-order chi connectivity index (χ1) is 14.8. The molecule has 3 N–H and O–H groups in total. The highest BCUT2D eigenvalue weighted by molar-refractivity contribution is 6.37. The highest BCUT2D eigenvalue weighted by Gasteiger charge is 2.32. The van der Waals surface area contributed by atoms with Crippen LogP contribution in [0, 0.1) is 0 Å². The fourth-order valence-electron chi connectivity index (χ4n) is 4.04. The molecule has 8 heteroatoms. The SMILES string of the molecule is CN1CCC(c2c(O)cc(O)c3c(=O)cc(C=Cc4c(Cl)cccc4Cl)oc23)C(O)C1. The number of β-amino-alcohol motifs (C(OH)–C–C–N with tert-alkyl or cyclic N) is 1. The van der Waals surface area contributed by atoms with Gasteiger partial charge in [-0.15, -0.1) is 0 Å². The van der Waals surface area contributed by atoms with Gasteiger partial charge in [0.15, 0.2) is 5.43 Å². The second kappa shape index (κ2) is 8.55. The van der Waals surface area contributed by atoms with Gasteiger partial charge in [-0.2, -0.15) is 0 Å². The zero-order chi connectivity index (χ0) is 22.3. The van der Waals surface area contributed by atoms with Crippen LogP contribution >= 0.6 is 23.2 Å². The molecule has 1 aromatic heterocycles. The van der Waals surface area contributed by atoms with Gasteiger partial charge >= 0.3 is 0 Å². The molecule has 2 aromatic carbocycles. The van der Waals surface area contributed by atoms with E-state index in [2.05, 4.69) is 0 Å². The number of aliphatic hydroxyl groups is 1. The second-order valence-electron chi connectivity index (χ2n) is 7.74. The van der Waals surface area contributed by atoms with Crippen molar-refractivity contribution in [2.24, 2.45) is 0 Å². The van der Waals surface area contributed by atoms with Crippen LogP contribution in [0.4, 0.5) is 0 Å². The van der Waals surface area contributed by atoms with E-state index >= 15 is 0 Å². The summed E-state index contributed by atoms with van der Waals surface area (Å²) in [6.45, 7) is 1.12. The van der Waals surface area contributed by atoms with Crippen LogP contribution in [-0.2, 0) is 0 Å². The molecule has 2 unspecified atom stereocenters. The van der Waals surface area contributed by atoms with E-state index in [-0.39, 0.29) is 28.2 Å². The first kappa shape index (κ1) is 21.7. The number of aliphatic hydroxyl groups excluding tert-OH is 1. The van der Waals surface area contributed by atoms with E-state index in [1.165, 1.54) is 6.07 Å². The molecule has 162 valence electrons. The molecule has 31 heavy (non-hydrogen) atoms. The van der Waals surface area contributed by atoms with E-state index in [4.69, 9.17) is 27.6 Å². The van der Waals surface area contributed by atoms with Crippen molar-refractivity contribution < 1.29 is 19.7 Å². The van der Waals surface area contributed by atoms with E-state index in [0.717, 1.165) is 6.07 Å². The number of likely N-dealkylation sites (tertiary alicyclic amines) is 1. The minimum absolute atomic E-state index is 0.0353. The van der Waals surface area contributed by atoms with Crippen LogP contribution in [-0.4, -0.2) is 46.5 Å². The van der Waals surface area contributed by atoms with Gasteiger partial charge in [0.1, 0.15) is 28.2 Å². The van der Waals surface area contributed by atoms with Crippen molar-refractivity contribution in [2.75, 3.05) is 20.1 Å². The zero-order valence-electron chi connectivity index (χ0n) is 16.7. The summed E-state index contributed by atoms with van der Waals surface area (Å²) in [5.74, 6) is -0.851. The number of likely N-dealkylation sites (N-methyl/N-ethyl adjacent to an activating group) is 1. The summed E-state index contributed by atoms with van der Waals surface area (Å²) in [4.78, 5) is 14.8. The van der Waals surface area contributed by atoms with Crippen molar-refractivity contribution in [3.8, 4) is 11.5 Å². The number of rotatable bonds is 3. The van der Waals surface area contributed by atoms with Gasteiger partial charge in [0.2, 0.25) is 0 Å². The van der Waals surface area contributed by atoms with Gasteiger partial charge in [0, 0.05) is 45.8 Å². The lowest BCUT2D eigenvalue weighted by Gasteiger charge is -2.34. The molecule has 1 aliphatic heterocycles. The molecule has 1 fully saturated rings. The number of nitrogens with zero attached hydrogens (tertiary/aromatic N) is 1. The summed E-state index contributed by atoms with van der Waals surface area (Å²) < 4.78 is 5.95. The predicted molar refractivity (Wildman–Crippen MR) is 122 cm³/mol. The van der Waals surface area contributed by atoms with Gasteiger partial charge in [0.25, 0.3) is 0 Å². The summed E-state index contributed by atoms with van der Waals surface area (Å²) in [5.41, 5.74) is 0.477. The van der Waals surface area contributed by atoms with Gasteiger partial charge in [0.05, 0.1) is 6.10 Å². The highest BCUT2D eigenvalue weighted by atomic mass is 35.5. The number of phenols is 2. The Kier molecular flexibility index (Phi) is 5.99. The third-order valence-electron chi connectivity index (χ3n) is 5.59. The molecule has 2 atom stereocenters. The van der Waals surface area contributed by atoms with Gasteiger partial charge in [-0.1, -0.05) is 29.3 Å². The zero-order valence-corrected chi connectivity index (χ0v) is 18.2. The lowest BCUT2D eigenvalue weighted by Crippen LogP contribution is -2.40. The molecule has 0 saturated carbocycles. The smallest absolute Gasteiger partial charge is 0.197 e. The molecule has 0 bridgehead atoms. The number of piperidine rings is 1. The Labute approximate surface area is 188 Å². The quantitative estimate of drug-likeness (QED) is 0.532. The molecule has 1 aliphatic rings. The van der Waals surface area contributed by atoms with Crippen molar-refractivity contribution in [1.29, 1.82) is 0 Å². The topological polar surface area (TPSA) is 94.1 Å². The summed E-state index contributed by atoms with van der Waals surface area (Å²) in [6.07, 6.45) is 2.97. The van der Waals surface area contributed by atoms with E-state index in [1.54, 1.807) is 30.4 Å². The third-order valence-corrected chi connectivity index (χ3v) is 6.25. The summed E-state index contributed by atoms with van der Waals surface area (Å²) in [5, 5.41) is 32.3. The predicted octanol–water partition coefficient (Wildman–Crippen LogP) is 4.46. The maximum Gasteiger partial charge on any atom is 0.197 e. The Hall–Kier alpha value is -2.51. The fraction of sp³-hybridized carbons (Fsp3) is 0.261. The average Bonchev–Trinajstić information content (AvgIpc) is 2.68. The molecular weight excluding hydrogens is 441 g/mol. The molecule has 3 aromatic rings. The molecule has 0 amide bonds. The molecule has 0 spiro atoms. The normalized spacial score (nSPS) is 20.0. The lowest BCUT2D eigenvalue weighted by molar-refractivity contribution is 0.0630. The van der Waals surface area contributed by atoms with Crippen LogP contribution < -0.4 is 5.43 Å². The van der Waals surface area contributed by atoms with E-state index in [0.29, 0.717) is 40.7 Å². The van der Waals surface area contributed by atoms with Crippen molar-refractivity contribution in [1.82, 2.24) is 4.90 Å². The Bertz CT molecular complexity index is 1220. The van der Waals surface area contributed by atoms with Crippen molar-refractivity contribution >= 4 is 46.3 Å². The Morgan fingerprint density at radius 1 is 1.13 bits per heavy atom. The summed E-state index contributed by atoms with van der Waals surface area (Å²) >= 11 is 12.4. The van der Waals surface area contributed by atoms with Crippen LogP contribution in [0.15, 0.2) is 39.5 Å². The van der Waals surface area contributed by atoms with Crippen molar-refractivity contribution in [3.05, 3.63) is 67.5 Å². The molecule has 2 heterocycles. The number of hydrogen-bond donors (Lipinski definition) is 3. The highest BCUT2D eigenvalue weighted by Crippen LogP contribution is 2.42. The monoisotopic (exact) mass is 461 g/mol. The van der Waals surface area contributed by atoms with E-state index < -0.39 is 17.5 Å². The molecule has 0 radical (unpaired) electrons. The first-order valence-corrected chi connectivity index (χ1v) is 10.5. The van der Waals surface area contributed by atoms with E-state index in [9.17, 15) is 20.1 Å². The van der Waals surface area contributed by atoms with Crippen LogP contribution in [0.5, 0.6) is 11.5 Å². The van der Waals surface area contributed by atoms with Crippen LogP contribution in [0.2, 0.25) is 10.0 Å². The molecule has 0 aliphatic carbocycles. The first-order valence-electron chi connectivity index (χ1n) is 9.77. The number of phenolic OH excluding ortho intramolecular Hbond substituents is 2. The van der Waals surface area contributed by atoms with Gasteiger partial charge in [-0.3, -0.25) is 4.79 Å². The van der Waals surface area contributed by atoms with Crippen molar-refractivity contribution in [2.45, 2.75) is 18.4 Å². The van der Waals surface area contributed by atoms with Gasteiger partial charge < -0.3 is 24.6 Å². The number of aromatic hydroxyl groups is 2. The molecular formula is C23H21Cl2NO5. The molecule has 1 saturated heterocycles. The second-order valence-corrected chi connectivity index (χ2v) is 8.55. The average molecular weight is 462 g/mol. The number of hydrogen-bond acceptors (Lipinski definition) is 6. The van der Waals surface area contributed by atoms with Gasteiger partial charge in [-0.25, -0.2) is 0 Å². The maximum atomic E-state index is 12.8. The number of benzene rings is 2. The Balaban J connectivity index is 1.87. The number of fused-ring (bicyclic) bond motifs is 1. The Morgan fingerprint density at radius 3 is 2.52 bits per heavy atom. The van der Waals surface area contributed by atoms with Crippen LogP contribution in [0.1, 0.15) is 29.2 Å². The number of halogens is 2. The minimum Gasteiger partial charge on any atom is -0.507 e. The third kappa shape index (κ3) is 4.16. The maximum absolute atomic E-state index is 12.8. The van der Waals surface area contributed by atoms with Crippen LogP contribution in [0.3, 0.4) is 0 Å². The fourth-order valence-corrected chi connectivity index (χ4v) is 4.57. The molecule has 6 nitrogen and oxygen atoms in total. The molecule has 4 rings (SSSR count). The van der Waals surface area contributed by atoms with Crippen LogP contribution in [0.25, 0.3) is 23.1 Å². The summed E-state index contributed by atoms with van der Waals surface area (Å²) in [6, 6.07) is 7.48. The largest absolute Gasteiger partial charge is 0.507 e. The van der Waals surface area contributed by atoms with Crippen molar-refractivity contribution in [3.63, 3.8) is 0 Å². The minimum atomic E-state index is -0.760. The van der Waals surface area contributed by atoms with E-state index in [1.807, 2.05) is 11.9 Å². The lowest BCUT2D eigenvalue weighted by atomic mass is 9.85.